The van der Waals surface area contributed by atoms with Gasteiger partial charge < -0.3 is 30.7 Å². The lowest BCUT2D eigenvalue weighted by molar-refractivity contribution is -0.120. The van der Waals surface area contributed by atoms with Gasteiger partial charge in [0.15, 0.2) is 0 Å². The summed E-state index contributed by atoms with van der Waals surface area (Å²) in [5.74, 6) is 0.857. The number of carbonyl (C=O) groups is 2. The molecular formula is C35H38Cl2N8O4. The van der Waals surface area contributed by atoms with Gasteiger partial charge in [-0.1, -0.05) is 59.6 Å². The van der Waals surface area contributed by atoms with Crippen LogP contribution < -0.4 is 30.7 Å². The average molecular weight is 706 g/mol. The van der Waals surface area contributed by atoms with Crippen LogP contribution in [0.5, 0.6) is 11.8 Å². The van der Waals surface area contributed by atoms with Crippen molar-refractivity contribution in [1.82, 2.24) is 41.2 Å². The summed E-state index contributed by atoms with van der Waals surface area (Å²) in [6.45, 7) is 3.08. The average Bonchev–Trinajstić information content (AvgIpc) is 3.50. The van der Waals surface area contributed by atoms with Gasteiger partial charge in [0.25, 0.3) is 0 Å². The van der Waals surface area contributed by atoms with Crippen molar-refractivity contribution in [3.05, 3.63) is 70.2 Å². The molecule has 2 aromatic heterocycles. The lowest BCUT2D eigenvalue weighted by Gasteiger charge is -2.36. The highest BCUT2D eigenvalue weighted by atomic mass is 35.5. The number of nitrogens with zero attached hydrogens (tertiary/aromatic N) is 4. The molecule has 0 unspecified atom stereocenters. The molecule has 12 nitrogen and oxygen atoms in total. The Balaban J connectivity index is 1.19. The van der Waals surface area contributed by atoms with Crippen LogP contribution >= 0.6 is 23.2 Å². The summed E-state index contributed by atoms with van der Waals surface area (Å²) in [5, 5.41) is 13.6. The van der Waals surface area contributed by atoms with E-state index in [1.54, 1.807) is 26.6 Å². The largest absolute Gasteiger partial charge is 0.480 e. The fraction of sp³-hybridized carbons (Fsp3) is 0.371. The van der Waals surface area contributed by atoms with E-state index in [0.29, 0.717) is 81.8 Å². The van der Waals surface area contributed by atoms with Crippen LogP contribution in [0.1, 0.15) is 44.0 Å². The molecule has 2 aliphatic rings. The Hall–Kier alpha value is -4.36. The summed E-state index contributed by atoms with van der Waals surface area (Å²) in [5.41, 5.74) is 5.23. The summed E-state index contributed by atoms with van der Waals surface area (Å²) in [7, 11) is 3.12. The number of hydrogen-bond donors (Lipinski definition) is 4. The highest BCUT2D eigenvalue weighted by molar-refractivity contribution is 6.39. The second-order valence-corrected chi connectivity index (χ2v) is 12.9. The molecule has 0 radical (unpaired) electrons. The molecule has 1 aliphatic carbocycles. The van der Waals surface area contributed by atoms with Crippen molar-refractivity contribution in [3.8, 4) is 45.4 Å². The zero-order chi connectivity index (χ0) is 34.5. The molecule has 2 fully saturated rings. The Morgan fingerprint density at radius 2 is 1.41 bits per heavy atom. The number of halogens is 2. The molecule has 1 atom stereocenters. The van der Waals surface area contributed by atoms with Crippen molar-refractivity contribution in [2.45, 2.75) is 63.8 Å². The SMILES string of the molecule is COc1nc(-c2cccc(-c3cccc(-c4cnc(CN[C@H]5C[C@H](NC(C)=O)C5)c(OC)n4)c3Cl)c2Cl)cnc1CNC[C@@H]1CCC(=O)N1. The van der Waals surface area contributed by atoms with E-state index in [0.717, 1.165) is 30.4 Å². The molecular weight excluding hydrogens is 667 g/mol. The zero-order valence-electron chi connectivity index (χ0n) is 27.5. The van der Waals surface area contributed by atoms with Crippen molar-refractivity contribution < 1.29 is 19.1 Å². The van der Waals surface area contributed by atoms with E-state index >= 15 is 0 Å². The fourth-order valence-electron chi connectivity index (χ4n) is 6.12. The van der Waals surface area contributed by atoms with Crippen LogP contribution in [0.3, 0.4) is 0 Å². The van der Waals surface area contributed by atoms with Crippen molar-refractivity contribution in [1.29, 1.82) is 0 Å². The smallest absolute Gasteiger partial charge is 0.237 e. The number of methoxy groups -OCH3 is 2. The Morgan fingerprint density at radius 3 is 1.92 bits per heavy atom. The van der Waals surface area contributed by atoms with Crippen LogP contribution in [-0.4, -0.2) is 70.6 Å². The van der Waals surface area contributed by atoms with Gasteiger partial charge >= 0.3 is 0 Å². The number of nitrogens with one attached hydrogen (secondary N) is 4. The van der Waals surface area contributed by atoms with Crippen LogP contribution in [0.25, 0.3) is 33.6 Å². The third-order valence-corrected chi connectivity index (χ3v) is 9.54. The summed E-state index contributed by atoms with van der Waals surface area (Å²) in [6.07, 6.45) is 6.46. The molecule has 4 N–H and O–H groups in total. The summed E-state index contributed by atoms with van der Waals surface area (Å²) in [6, 6.07) is 12.0. The third kappa shape index (κ3) is 7.94. The fourth-order valence-corrected chi connectivity index (χ4v) is 6.77. The molecule has 14 heteroatoms. The van der Waals surface area contributed by atoms with Crippen LogP contribution in [0, 0.1) is 0 Å². The van der Waals surface area contributed by atoms with Crippen LogP contribution in [0.2, 0.25) is 10.0 Å². The summed E-state index contributed by atoms with van der Waals surface area (Å²) < 4.78 is 11.2. The molecule has 0 spiro atoms. The van der Waals surface area contributed by atoms with Crippen molar-refractivity contribution in [2.24, 2.45) is 0 Å². The minimum atomic E-state index is -0.0114. The summed E-state index contributed by atoms with van der Waals surface area (Å²) in [4.78, 5) is 41.5. The first-order valence-corrected chi connectivity index (χ1v) is 16.9. The Morgan fingerprint density at radius 1 is 0.857 bits per heavy atom. The minimum absolute atomic E-state index is 0.0114. The first-order chi connectivity index (χ1) is 23.7. The zero-order valence-corrected chi connectivity index (χ0v) is 29.0. The normalized spacial score (nSPS) is 18.5. The maximum absolute atomic E-state index is 11.5. The monoisotopic (exact) mass is 704 g/mol. The van der Waals surface area contributed by atoms with Gasteiger partial charge in [-0.3, -0.25) is 19.6 Å². The van der Waals surface area contributed by atoms with Crippen molar-refractivity contribution in [2.75, 3.05) is 20.8 Å². The number of aromatic nitrogens is 4. The predicted molar refractivity (Wildman–Crippen MR) is 187 cm³/mol. The van der Waals surface area contributed by atoms with E-state index in [9.17, 15) is 9.59 Å². The molecule has 3 heterocycles. The summed E-state index contributed by atoms with van der Waals surface area (Å²) >= 11 is 14.1. The number of ether oxygens (including phenoxy) is 2. The van der Waals surface area contributed by atoms with Gasteiger partial charge in [-0.15, -0.1) is 0 Å². The van der Waals surface area contributed by atoms with E-state index in [1.807, 2.05) is 36.4 Å². The third-order valence-electron chi connectivity index (χ3n) is 8.72. The standard InChI is InChI=1S/C35H38Cl2N8O4/c1-19(46)42-22-12-21(13-22)39-18-30-35(49-3)45-28(17-41-30)26-9-5-7-24(33(26)37)23-6-4-8-25(32(23)36)27-16-40-29(34(44-27)48-2)15-38-14-20-10-11-31(47)43-20/h4-9,16-17,20-22,38-39H,10-15,18H2,1-3H3,(H,42,46)(H,43,47)/t20-,21-,22-/m0/s1. The van der Waals surface area contributed by atoms with Crippen LogP contribution in [0.4, 0.5) is 0 Å². The van der Waals surface area contributed by atoms with Gasteiger partial charge in [-0.25, -0.2) is 9.97 Å². The minimum Gasteiger partial charge on any atom is -0.480 e. The van der Waals surface area contributed by atoms with E-state index < -0.39 is 0 Å². The first kappa shape index (κ1) is 34.5. The molecule has 1 saturated heterocycles. The maximum atomic E-state index is 11.5. The van der Waals surface area contributed by atoms with Crippen molar-refractivity contribution in [3.63, 3.8) is 0 Å². The van der Waals surface area contributed by atoms with E-state index in [-0.39, 0.29) is 29.9 Å². The molecule has 6 rings (SSSR count). The lowest BCUT2D eigenvalue weighted by Crippen LogP contribution is -2.51. The second-order valence-electron chi connectivity index (χ2n) is 12.1. The van der Waals surface area contributed by atoms with E-state index in [2.05, 4.69) is 31.2 Å². The Labute approximate surface area is 294 Å². The van der Waals surface area contributed by atoms with Gasteiger partial charge in [0, 0.05) is 73.4 Å². The van der Waals surface area contributed by atoms with Crippen molar-refractivity contribution >= 4 is 35.0 Å². The van der Waals surface area contributed by atoms with Crippen LogP contribution in [0.15, 0.2) is 48.8 Å². The molecule has 2 aromatic carbocycles. The van der Waals surface area contributed by atoms with E-state index in [4.69, 9.17) is 42.6 Å². The van der Waals surface area contributed by atoms with Gasteiger partial charge in [-0.05, 0) is 19.3 Å². The number of amides is 2. The molecule has 1 aliphatic heterocycles. The quantitative estimate of drug-likeness (QED) is 0.154. The predicted octanol–water partition coefficient (Wildman–Crippen LogP) is 4.72. The Kier molecular flexibility index (Phi) is 10.9. The highest BCUT2D eigenvalue weighted by Crippen LogP contribution is 2.42. The van der Waals surface area contributed by atoms with Gasteiger partial charge in [0.2, 0.25) is 23.6 Å². The number of carbonyl (C=O) groups excluding carboxylic acids is 2. The molecule has 256 valence electrons. The maximum Gasteiger partial charge on any atom is 0.237 e. The first-order valence-electron chi connectivity index (χ1n) is 16.1. The molecule has 1 saturated carbocycles. The Bertz CT molecular complexity index is 1850. The lowest BCUT2D eigenvalue weighted by atomic mass is 9.86. The van der Waals surface area contributed by atoms with Gasteiger partial charge in [0.05, 0.1) is 48.0 Å². The highest BCUT2D eigenvalue weighted by Gasteiger charge is 2.29. The second kappa shape index (κ2) is 15.5. The van der Waals surface area contributed by atoms with Gasteiger partial charge in [-0.2, -0.15) is 0 Å². The number of benzene rings is 2. The molecule has 0 bridgehead atoms. The van der Waals surface area contributed by atoms with E-state index in [1.165, 1.54) is 6.92 Å². The topological polar surface area (TPSA) is 152 Å². The van der Waals surface area contributed by atoms with Gasteiger partial charge in [0.1, 0.15) is 11.4 Å². The number of hydrogen-bond acceptors (Lipinski definition) is 10. The molecule has 4 aromatic rings. The number of rotatable bonds is 13. The van der Waals surface area contributed by atoms with Crippen LogP contribution in [-0.2, 0) is 22.7 Å². The molecule has 49 heavy (non-hydrogen) atoms. The molecule has 2 amide bonds.